The van der Waals surface area contributed by atoms with Gasteiger partial charge in [0.25, 0.3) is 0 Å². The number of hydrogen-bond acceptors (Lipinski definition) is 2. The molecule has 0 heterocycles. The van der Waals surface area contributed by atoms with Gasteiger partial charge in [0.1, 0.15) is 0 Å². The van der Waals surface area contributed by atoms with Crippen LogP contribution in [0, 0.1) is 5.41 Å². The van der Waals surface area contributed by atoms with Gasteiger partial charge in [-0.3, -0.25) is 0 Å². The van der Waals surface area contributed by atoms with E-state index < -0.39 is 0 Å². The zero-order valence-electron chi connectivity index (χ0n) is 8.68. The Bertz CT molecular complexity index is 282. The van der Waals surface area contributed by atoms with Crippen LogP contribution in [-0.4, -0.2) is 13.1 Å². The van der Waals surface area contributed by atoms with E-state index >= 15 is 0 Å². The molecule has 0 N–H and O–H groups in total. The lowest BCUT2D eigenvalue weighted by Gasteiger charge is -2.29. The smallest absolute Gasteiger partial charge is 0.334 e. The van der Waals surface area contributed by atoms with Crippen LogP contribution >= 0.6 is 0 Å². The SMILES string of the molecule is COC(=O)C1=CC=C(C)CC1(C)C. The van der Waals surface area contributed by atoms with Crippen LogP contribution in [0.5, 0.6) is 0 Å². The first-order valence-corrected chi connectivity index (χ1v) is 4.43. The average molecular weight is 180 g/mol. The number of esters is 1. The van der Waals surface area contributed by atoms with Crippen LogP contribution in [0.15, 0.2) is 23.3 Å². The van der Waals surface area contributed by atoms with Crippen molar-refractivity contribution in [2.24, 2.45) is 5.41 Å². The third-order valence-electron chi connectivity index (χ3n) is 2.39. The van der Waals surface area contributed by atoms with Gasteiger partial charge in [-0.1, -0.05) is 31.6 Å². The fourth-order valence-electron chi connectivity index (χ4n) is 1.76. The fourth-order valence-corrected chi connectivity index (χ4v) is 1.76. The monoisotopic (exact) mass is 180 g/mol. The standard InChI is InChI=1S/C11H16O2/c1-8-5-6-9(10(12)13-4)11(2,3)7-8/h5-6H,7H2,1-4H3. The minimum atomic E-state index is -0.214. The second-order valence-electron chi connectivity index (χ2n) is 4.15. The molecule has 1 aliphatic rings. The number of allylic oxidation sites excluding steroid dienone is 3. The number of rotatable bonds is 1. The van der Waals surface area contributed by atoms with Gasteiger partial charge >= 0.3 is 5.97 Å². The van der Waals surface area contributed by atoms with E-state index in [9.17, 15) is 4.79 Å². The zero-order chi connectivity index (χ0) is 10.1. The second-order valence-corrected chi connectivity index (χ2v) is 4.15. The molecule has 0 atom stereocenters. The van der Waals surface area contributed by atoms with Crippen LogP contribution in [0.4, 0.5) is 0 Å². The maximum absolute atomic E-state index is 11.4. The van der Waals surface area contributed by atoms with E-state index in [2.05, 4.69) is 20.8 Å². The molecular formula is C11H16O2. The van der Waals surface area contributed by atoms with Gasteiger partial charge in [-0.25, -0.2) is 4.79 Å². The molecule has 2 heteroatoms. The van der Waals surface area contributed by atoms with E-state index in [4.69, 9.17) is 4.74 Å². The first kappa shape index (κ1) is 10.0. The molecule has 0 saturated carbocycles. The molecule has 0 radical (unpaired) electrons. The molecule has 0 aliphatic heterocycles. The highest BCUT2D eigenvalue weighted by molar-refractivity contribution is 5.90. The summed E-state index contributed by atoms with van der Waals surface area (Å²) < 4.78 is 4.72. The van der Waals surface area contributed by atoms with Crippen LogP contribution in [0.1, 0.15) is 27.2 Å². The minimum Gasteiger partial charge on any atom is -0.466 e. The summed E-state index contributed by atoms with van der Waals surface area (Å²) in [7, 11) is 1.42. The summed E-state index contributed by atoms with van der Waals surface area (Å²) >= 11 is 0. The van der Waals surface area contributed by atoms with Crippen molar-refractivity contribution in [3.05, 3.63) is 23.3 Å². The van der Waals surface area contributed by atoms with Crippen molar-refractivity contribution in [2.75, 3.05) is 7.11 Å². The lowest BCUT2D eigenvalue weighted by molar-refractivity contribution is -0.137. The molecule has 0 amide bonds. The highest BCUT2D eigenvalue weighted by Gasteiger charge is 2.31. The first-order valence-electron chi connectivity index (χ1n) is 4.43. The maximum Gasteiger partial charge on any atom is 0.334 e. The van der Waals surface area contributed by atoms with E-state index in [0.717, 1.165) is 12.0 Å². The molecule has 0 bridgehead atoms. The second kappa shape index (κ2) is 3.36. The molecule has 0 unspecified atom stereocenters. The first-order chi connectivity index (χ1) is 5.97. The van der Waals surface area contributed by atoms with Gasteiger partial charge in [0, 0.05) is 11.0 Å². The maximum atomic E-state index is 11.4. The van der Waals surface area contributed by atoms with Crippen molar-refractivity contribution in [3.63, 3.8) is 0 Å². The highest BCUT2D eigenvalue weighted by atomic mass is 16.5. The van der Waals surface area contributed by atoms with Gasteiger partial charge in [-0.05, 0) is 13.3 Å². The molecule has 0 aromatic carbocycles. The summed E-state index contributed by atoms with van der Waals surface area (Å²) in [5.74, 6) is -0.214. The lowest BCUT2D eigenvalue weighted by Crippen LogP contribution is -2.24. The zero-order valence-corrected chi connectivity index (χ0v) is 8.68. The molecule has 13 heavy (non-hydrogen) atoms. The molecule has 0 fully saturated rings. The van der Waals surface area contributed by atoms with E-state index in [1.807, 2.05) is 12.2 Å². The quantitative estimate of drug-likeness (QED) is 0.579. The van der Waals surface area contributed by atoms with Crippen LogP contribution in [0.2, 0.25) is 0 Å². The molecule has 72 valence electrons. The van der Waals surface area contributed by atoms with Crippen LogP contribution in [-0.2, 0) is 9.53 Å². The Morgan fingerprint density at radius 2 is 2.08 bits per heavy atom. The molecule has 1 aliphatic carbocycles. The van der Waals surface area contributed by atoms with Gasteiger partial charge in [0.2, 0.25) is 0 Å². The predicted molar refractivity (Wildman–Crippen MR) is 52.3 cm³/mol. The highest BCUT2D eigenvalue weighted by Crippen LogP contribution is 2.37. The Hall–Kier alpha value is -1.05. The van der Waals surface area contributed by atoms with Gasteiger partial charge in [0.15, 0.2) is 0 Å². The summed E-state index contributed by atoms with van der Waals surface area (Å²) in [4.78, 5) is 11.4. The van der Waals surface area contributed by atoms with Crippen LogP contribution in [0.3, 0.4) is 0 Å². The summed E-state index contributed by atoms with van der Waals surface area (Å²) in [5, 5.41) is 0. The summed E-state index contributed by atoms with van der Waals surface area (Å²) in [6.07, 6.45) is 4.77. The number of methoxy groups -OCH3 is 1. The third-order valence-corrected chi connectivity index (χ3v) is 2.39. The Balaban J connectivity index is 3.00. The van der Waals surface area contributed by atoms with Crippen molar-refractivity contribution in [1.82, 2.24) is 0 Å². The lowest BCUT2D eigenvalue weighted by atomic mass is 9.76. The molecule has 0 spiro atoms. The topological polar surface area (TPSA) is 26.3 Å². The van der Waals surface area contributed by atoms with Crippen molar-refractivity contribution in [3.8, 4) is 0 Å². The molecule has 0 saturated heterocycles. The van der Waals surface area contributed by atoms with E-state index in [1.54, 1.807) is 0 Å². The largest absolute Gasteiger partial charge is 0.466 e. The molecular weight excluding hydrogens is 164 g/mol. The summed E-state index contributed by atoms with van der Waals surface area (Å²) in [6, 6.07) is 0. The molecule has 2 nitrogen and oxygen atoms in total. The van der Waals surface area contributed by atoms with Gasteiger partial charge in [-0.15, -0.1) is 0 Å². The van der Waals surface area contributed by atoms with Crippen LogP contribution < -0.4 is 0 Å². The number of ether oxygens (including phenoxy) is 1. The predicted octanol–water partition coefficient (Wildman–Crippen LogP) is 2.46. The average Bonchev–Trinajstić information content (AvgIpc) is 2.01. The van der Waals surface area contributed by atoms with E-state index in [1.165, 1.54) is 12.7 Å². The van der Waals surface area contributed by atoms with Gasteiger partial charge < -0.3 is 4.74 Å². The molecule has 1 rings (SSSR count). The summed E-state index contributed by atoms with van der Waals surface area (Å²) in [5.41, 5.74) is 1.98. The Labute approximate surface area is 79.3 Å². The number of carbonyl (C=O) groups excluding carboxylic acids is 1. The van der Waals surface area contributed by atoms with Crippen molar-refractivity contribution in [1.29, 1.82) is 0 Å². The number of carbonyl (C=O) groups is 1. The number of hydrogen-bond donors (Lipinski definition) is 0. The Morgan fingerprint density at radius 3 is 2.54 bits per heavy atom. The Morgan fingerprint density at radius 1 is 1.46 bits per heavy atom. The fraction of sp³-hybridized carbons (Fsp3) is 0.545. The normalized spacial score (nSPS) is 20.3. The summed E-state index contributed by atoms with van der Waals surface area (Å²) in [6.45, 7) is 6.20. The molecule has 0 aromatic heterocycles. The van der Waals surface area contributed by atoms with Crippen molar-refractivity contribution in [2.45, 2.75) is 27.2 Å². The molecule has 0 aromatic rings. The van der Waals surface area contributed by atoms with E-state index in [0.29, 0.717) is 0 Å². The minimum absolute atomic E-state index is 0.0913. The Kier molecular flexibility index (Phi) is 2.60. The third kappa shape index (κ3) is 2.00. The van der Waals surface area contributed by atoms with Crippen LogP contribution in [0.25, 0.3) is 0 Å². The van der Waals surface area contributed by atoms with Crippen molar-refractivity contribution < 1.29 is 9.53 Å². The van der Waals surface area contributed by atoms with Crippen molar-refractivity contribution >= 4 is 5.97 Å². The van der Waals surface area contributed by atoms with Gasteiger partial charge in [-0.2, -0.15) is 0 Å². The van der Waals surface area contributed by atoms with E-state index in [-0.39, 0.29) is 11.4 Å². The van der Waals surface area contributed by atoms with Gasteiger partial charge in [0.05, 0.1) is 7.11 Å².